The molecule has 0 spiro atoms. The maximum atomic E-state index is 12.7. The molecule has 0 atom stereocenters. The van der Waals surface area contributed by atoms with Crippen molar-refractivity contribution in [1.82, 2.24) is 0 Å². The molecule has 1 heterocycles. The number of carbonyl (C=O) groups is 2. The van der Waals surface area contributed by atoms with Gasteiger partial charge in [0.15, 0.2) is 0 Å². The smallest absolute Gasteiger partial charge is 0.350 e. The number of benzene rings is 1. The number of anilines is 1. The second kappa shape index (κ2) is 9.91. The normalized spacial score (nSPS) is 13.2. The maximum Gasteiger partial charge on any atom is 0.350 e. The molecule has 0 unspecified atom stereocenters. The fraction of sp³-hybridized carbons (Fsp3) is 0.333. The third-order valence-corrected chi connectivity index (χ3v) is 6.85. The molecule has 0 fully saturated rings. The lowest BCUT2D eigenvalue weighted by molar-refractivity contribution is -0.111. The van der Waals surface area contributed by atoms with Gasteiger partial charge in [0.1, 0.15) is 10.6 Å². The van der Waals surface area contributed by atoms with Crippen LogP contribution in [0, 0.1) is 0 Å². The lowest BCUT2D eigenvalue weighted by atomic mass is 9.97. The van der Waals surface area contributed by atoms with Crippen molar-refractivity contribution in [2.45, 2.75) is 32.6 Å². The molecule has 0 radical (unpaired) electrons. The molecule has 1 amide bonds. The van der Waals surface area contributed by atoms with Crippen LogP contribution < -0.4 is 10.1 Å². The first-order valence-electron chi connectivity index (χ1n) is 9.28. The monoisotopic (exact) mass is 541 g/mol. The van der Waals surface area contributed by atoms with Crippen molar-refractivity contribution in [3.8, 4) is 5.75 Å². The number of hydrogen-bond acceptors (Lipinski definition) is 5. The first-order valence-corrected chi connectivity index (χ1v) is 11.7. The number of nitrogens with one attached hydrogen (secondary N) is 1. The number of carbonyl (C=O) groups excluding carboxylic acids is 2. The summed E-state index contributed by atoms with van der Waals surface area (Å²) in [5, 5.41) is 2.91. The average molecular weight is 543 g/mol. The second-order valence-corrected chi connectivity index (χ2v) is 9.34. The van der Waals surface area contributed by atoms with E-state index in [1.165, 1.54) is 17.4 Å². The summed E-state index contributed by atoms with van der Waals surface area (Å²) in [7, 11) is 1.58. The fourth-order valence-electron chi connectivity index (χ4n) is 3.29. The summed E-state index contributed by atoms with van der Waals surface area (Å²) in [5.41, 5.74) is 2.41. The highest BCUT2D eigenvalue weighted by molar-refractivity contribution is 9.11. The zero-order chi connectivity index (χ0) is 21.0. The van der Waals surface area contributed by atoms with Gasteiger partial charge in [-0.25, -0.2) is 4.79 Å². The Labute approximate surface area is 190 Å². The van der Waals surface area contributed by atoms with Gasteiger partial charge in [-0.3, -0.25) is 4.79 Å². The van der Waals surface area contributed by atoms with Gasteiger partial charge in [0.05, 0.1) is 23.9 Å². The van der Waals surface area contributed by atoms with Gasteiger partial charge in [0.2, 0.25) is 5.91 Å². The lowest BCUT2D eigenvalue weighted by Crippen LogP contribution is -2.14. The van der Waals surface area contributed by atoms with Gasteiger partial charge < -0.3 is 14.8 Å². The third kappa shape index (κ3) is 5.10. The Hall–Kier alpha value is -1.64. The van der Waals surface area contributed by atoms with Gasteiger partial charge in [-0.05, 0) is 72.3 Å². The summed E-state index contributed by atoms with van der Waals surface area (Å²) in [6.07, 6.45) is 7.07. The first-order chi connectivity index (χ1) is 13.9. The molecule has 0 saturated carbocycles. The van der Waals surface area contributed by atoms with Crippen LogP contribution in [0.5, 0.6) is 5.75 Å². The van der Waals surface area contributed by atoms with Crippen LogP contribution in [0.2, 0.25) is 0 Å². The molecule has 154 valence electrons. The van der Waals surface area contributed by atoms with Gasteiger partial charge in [0.25, 0.3) is 0 Å². The molecule has 1 aliphatic rings. The number of esters is 1. The van der Waals surface area contributed by atoms with Crippen molar-refractivity contribution < 1.29 is 19.1 Å². The molecule has 2 aromatic rings. The highest BCUT2D eigenvalue weighted by Crippen LogP contribution is 2.39. The molecule has 1 aliphatic carbocycles. The highest BCUT2D eigenvalue weighted by atomic mass is 79.9. The van der Waals surface area contributed by atoms with Crippen LogP contribution in [0.4, 0.5) is 5.69 Å². The van der Waals surface area contributed by atoms with E-state index in [-0.39, 0.29) is 11.9 Å². The van der Waals surface area contributed by atoms with Gasteiger partial charge >= 0.3 is 5.97 Å². The Balaban J connectivity index is 1.87. The minimum atomic E-state index is -0.385. The number of fused-ring (bicyclic) bond motifs is 1. The predicted octanol–water partition coefficient (Wildman–Crippen LogP) is 5.99. The molecular formula is C21H21Br2NO4S. The topological polar surface area (TPSA) is 64.6 Å². The summed E-state index contributed by atoms with van der Waals surface area (Å²) in [4.78, 5) is 26.7. The number of methoxy groups -OCH3 is 1. The molecule has 29 heavy (non-hydrogen) atoms. The first kappa shape index (κ1) is 22.1. The standard InChI is InChI=1S/C21H21Br2NO4S/c1-3-28-21(26)20-18(14-6-4-5-7-16(14)29-20)24-17(25)9-8-12-10-13(22)11-15(23)19(12)27-2/h8-11H,3-7H2,1-2H3,(H,24,25)/b9-8+. The predicted molar refractivity (Wildman–Crippen MR) is 123 cm³/mol. The zero-order valence-electron chi connectivity index (χ0n) is 16.1. The van der Waals surface area contributed by atoms with E-state index in [0.29, 0.717) is 22.9 Å². The fourth-order valence-corrected chi connectivity index (χ4v) is 5.95. The Bertz CT molecular complexity index is 968. The summed E-state index contributed by atoms with van der Waals surface area (Å²) in [6.45, 7) is 2.07. The number of ether oxygens (including phenoxy) is 2. The summed E-state index contributed by atoms with van der Waals surface area (Å²) >= 11 is 8.33. The Morgan fingerprint density at radius 3 is 2.72 bits per heavy atom. The van der Waals surface area contributed by atoms with E-state index >= 15 is 0 Å². The molecule has 0 saturated heterocycles. The second-order valence-electron chi connectivity index (χ2n) is 6.47. The van der Waals surface area contributed by atoms with E-state index < -0.39 is 0 Å². The van der Waals surface area contributed by atoms with E-state index in [2.05, 4.69) is 37.2 Å². The van der Waals surface area contributed by atoms with Crippen molar-refractivity contribution in [2.75, 3.05) is 19.0 Å². The van der Waals surface area contributed by atoms with E-state index in [0.717, 1.165) is 50.6 Å². The van der Waals surface area contributed by atoms with Gasteiger partial charge in [-0.2, -0.15) is 0 Å². The van der Waals surface area contributed by atoms with Crippen molar-refractivity contribution in [2.24, 2.45) is 0 Å². The Kier molecular flexibility index (Phi) is 7.54. The summed E-state index contributed by atoms with van der Waals surface area (Å²) in [6, 6.07) is 3.74. The van der Waals surface area contributed by atoms with Crippen LogP contribution in [0.3, 0.4) is 0 Å². The highest BCUT2D eigenvalue weighted by Gasteiger charge is 2.26. The van der Waals surface area contributed by atoms with Gasteiger partial charge in [0, 0.05) is 21.0 Å². The molecule has 1 N–H and O–H groups in total. The molecular weight excluding hydrogens is 522 g/mol. The van der Waals surface area contributed by atoms with Crippen molar-refractivity contribution >= 4 is 66.8 Å². The number of aryl methyl sites for hydroxylation is 1. The van der Waals surface area contributed by atoms with Crippen LogP contribution >= 0.6 is 43.2 Å². The van der Waals surface area contributed by atoms with Crippen molar-refractivity contribution in [3.63, 3.8) is 0 Å². The zero-order valence-corrected chi connectivity index (χ0v) is 20.1. The molecule has 1 aromatic carbocycles. The van der Waals surface area contributed by atoms with Crippen molar-refractivity contribution in [1.29, 1.82) is 0 Å². The van der Waals surface area contributed by atoms with Crippen LogP contribution in [0.25, 0.3) is 6.08 Å². The maximum absolute atomic E-state index is 12.7. The minimum absolute atomic E-state index is 0.298. The lowest BCUT2D eigenvalue weighted by Gasteiger charge is -2.13. The number of amides is 1. The van der Waals surface area contributed by atoms with E-state index in [1.807, 2.05) is 12.1 Å². The van der Waals surface area contributed by atoms with Crippen LogP contribution in [0.1, 0.15) is 45.4 Å². The van der Waals surface area contributed by atoms with Crippen LogP contribution in [-0.2, 0) is 22.4 Å². The number of hydrogen-bond donors (Lipinski definition) is 1. The molecule has 3 rings (SSSR count). The number of halogens is 2. The number of thiophene rings is 1. The SMILES string of the molecule is CCOC(=O)c1sc2c(c1NC(=O)/C=C/c1cc(Br)cc(Br)c1OC)CCCC2. The molecule has 1 aromatic heterocycles. The van der Waals surface area contributed by atoms with E-state index in [1.54, 1.807) is 20.1 Å². The Morgan fingerprint density at radius 2 is 2.00 bits per heavy atom. The largest absolute Gasteiger partial charge is 0.495 e. The van der Waals surface area contributed by atoms with Gasteiger partial charge in [-0.1, -0.05) is 15.9 Å². The summed E-state index contributed by atoms with van der Waals surface area (Å²) in [5.74, 6) is -0.0546. The molecule has 5 nitrogen and oxygen atoms in total. The van der Waals surface area contributed by atoms with Crippen molar-refractivity contribution in [3.05, 3.63) is 48.0 Å². The molecule has 8 heteroatoms. The van der Waals surface area contributed by atoms with Gasteiger partial charge in [-0.15, -0.1) is 11.3 Å². The quantitative estimate of drug-likeness (QED) is 0.359. The van der Waals surface area contributed by atoms with E-state index in [9.17, 15) is 9.59 Å². The Morgan fingerprint density at radius 1 is 1.24 bits per heavy atom. The van der Waals surface area contributed by atoms with E-state index in [4.69, 9.17) is 9.47 Å². The van der Waals surface area contributed by atoms with Crippen LogP contribution in [0.15, 0.2) is 27.2 Å². The minimum Gasteiger partial charge on any atom is -0.495 e. The number of rotatable bonds is 6. The molecule has 0 aliphatic heterocycles. The molecule has 0 bridgehead atoms. The average Bonchev–Trinajstić information content (AvgIpc) is 3.05. The third-order valence-electron chi connectivity index (χ3n) is 4.54. The summed E-state index contributed by atoms with van der Waals surface area (Å²) < 4.78 is 12.2. The van der Waals surface area contributed by atoms with Crippen LogP contribution in [-0.4, -0.2) is 25.6 Å².